The topological polar surface area (TPSA) is 29.1 Å². The highest BCUT2D eigenvalue weighted by Gasteiger charge is 2.14. The van der Waals surface area contributed by atoms with Crippen LogP contribution in [0.1, 0.15) is 15.9 Å². The summed E-state index contributed by atoms with van der Waals surface area (Å²) in [4.78, 5) is 11.8. The Bertz CT molecular complexity index is 580. The Kier molecular flexibility index (Phi) is 4.66. The summed E-state index contributed by atoms with van der Waals surface area (Å²) in [5, 5.41) is 2.57. The monoisotopic (exact) mass is 269 g/mol. The van der Waals surface area contributed by atoms with Gasteiger partial charge in [0.05, 0.1) is 6.54 Å². The van der Waals surface area contributed by atoms with E-state index in [0.29, 0.717) is 11.1 Å². The molecule has 0 bridgehead atoms. The summed E-state index contributed by atoms with van der Waals surface area (Å²) in [5.41, 5.74) is 1.64. The Morgan fingerprint density at radius 1 is 1.00 bits per heavy atom. The molecule has 0 aliphatic heterocycles. The molecule has 0 aliphatic carbocycles. The third kappa shape index (κ3) is 3.54. The zero-order valence-electron chi connectivity index (χ0n) is 11.1. The smallest absolute Gasteiger partial charge is 0.251 e. The largest absolute Gasteiger partial charge is 0.349 e. The van der Waals surface area contributed by atoms with Gasteiger partial charge in [-0.05, 0) is 23.3 Å². The van der Waals surface area contributed by atoms with E-state index in [4.69, 9.17) is 0 Å². The molecule has 1 amide bonds. The van der Waals surface area contributed by atoms with E-state index in [9.17, 15) is 9.18 Å². The highest BCUT2D eigenvalue weighted by Crippen LogP contribution is 2.18. The van der Waals surface area contributed by atoms with Gasteiger partial charge in [-0.25, -0.2) is 4.39 Å². The molecule has 2 nitrogen and oxygen atoms in total. The Labute approximate surface area is 118 Å². The second kappa shape index (κ2) is 6.66. The van der Waals surface area contributed by atoms with Crippen LogP contribution in [-0.4, -0.2) is 18.6 Å². The molecule has 0 aromatic heterocycles. The average Bonchev–Trinajstić information content (AvgIpc) is 2.53. The van der Waals surface area contributed by atoms with Gasteiger partial charge in [-0.1, -0.05) is 55.1 Å². The number of carbonyl (C=O) groups is 1. The number of alkyl halides is 1. The highest BCUT2D eigenvalue weighted by molar-refractivity contribution is 5.94. The van der Waals surface area contributed by atoms with Crippen molar-refractivity contribution in [2.24, 2.45) is 0 Å². The minimum Gasteiger partial charge on any atom is -0.349 e. The number of benzene rings is 2. The van der Waals surface area contributed by atoms with Crippen molar-refractivity contribution in [3.8, 4) is 0 Å². The van der Waals surface area contributed by atoms with Crippen LogP contribution in [-0.2, 0) is 0 Å². The summed E-state index contributed by atoms with van der Waals surface area (Å²) < 4.78 is 14.0. The molecule has 0 fully saturated rings. The van der Waals surface area contributed by atoms with Crippen molar-refractivity contribution in [2.75, 3.05) is 6.54 Å². The molecular formula is C17H16FNO. The van der Waals surface area contributed by atoms with Crippen molar-refractivity contribution in [3.05, 3.63) is 78.4 Å². The van der Waals surface area contributed by atoms with Crippen LogP contribution in [0, 0.1) is 0 Å². The number of nitrogens with one attached hydrogen (secondary N) is 1. The van der Waals surface area contributed by atoms with E-state index in [1.165, 1.54) is 0 Å². The number of halogens is 1. The van der Waals surface area contributed by atoms with Gasteiger partial charge < -0.3 is 5.32 Å². The maximum Gasteiger partial charge on any atom is 0.251 e. The van der Waals surface area contributed by atoms with Crippen molar-refractivity contribution in [3.63, 3.8) is 0 Å². The van der Waals surface area contributed by atoms with Crippen LogP contribution < -0.4 is 5.32 Å². The van der Waals surface area contributed by atoms with Gasteiger partial charge in [-0.2, -0.15) is 0 Å². The molecule has 2 aromatic rings. The predicted molar refractivity (Wildman–Crippen MR) is 79.1 cm³/mol. The lowest BCUT2D eigenvalue weighted by molar-refractivity contribution is 0.0947. The molecule has 0 unspecified atom stereocenters. The molecule has 3 heteroatoms. The Hall–Kier alpha value is -2.42. The van der Waals surface area contributed by atoms with Gasteiger partial charge in [0, 0.05) is 5.56 Å². The summed E-state index contributed by atoms with van der Waals surface area (Å²) in [7, 11) is 0. The fraction of sp³-hybridized carbons (Fsp3) is 0.118. The summed E-state index contributed by atoms with van der Waals surface area (Å²) in [5.74, 6) is -0.283. The first-order chi connectivity index (χ1) is 9.68. The SMILES string of the molecule is C=C(c1ccccc1)[C@H](F)CNC(=O)c1ccccc1. The second-order valence-corrected chi connectivity index (χ2v) is 4.43. The van der Waals surface area contributed by atoms with Gasteiger partial charge in [0.15, 0.2) is 0 Å². The molecule has 0 aliphatic rings. The van der Waals surface area contributed by atoms with E-state index in [2.05, 4.69) is 11.9 Å². The van der Waals surface area contributed by atoms with E-state index in [1.807, 2.05) is 24.3 Å². The van der Waals surface area contributed by atoms with Crippen LogP contribution in [0.15, 0.2) is 67.2 Å². The van der Waals surface area contributed by atoms with Gasteiger partial charge in [0.25, 0.3) is 5.91 Å². The lowest BCUT2D eigenvalue weighted by atomic mass is 10.0. The molecule has 102 valence electrons. The summed E-state index contributed by atoms with van der Waals surface area (Å²) in [6.07, 6.45) is -1.30. The molecule has 0 saturated carbocycles. The van der Waals surface area contributed by atoms with Gasteiger partial charge in [-0.3, -0.25) is 4.79 Å². The highest BCUT2D eigenvalue weighted by atomic mass is 19.1. The lowest BCUT2D eigenvalue weighted by Gasteiger charge is -2.13. The fourth-order valence-corrected chi connectivity index (χ4v) is 1.83. The summed E-state index contributed by atoms with van der Waals surface area (Å²) in [6.45, 7) is 3.67. The number of hydrogen-bond donors (Lipinski definition) is 1. The zero-order valence-corrected chi connectivity index (χ0v) is 11.1. The maximum atomic E-state index is 14.0. The molecular weight excluding hydrogens is 253 g/mol. The van der Waals surface area contributed by atoms with Crippen molar-refractivity contribution < 1.29 is 9.18 Å². The minimum atomic E-state index is -1.30. The van der Waals surface area contributed by atoms with Crippen LogP contribution in [0.25, 0.3) is 5.57 Å². The van der Waals surface area contributed by atoms with Crippen LogP contribution in [0.4, 0.5) is 4.39 Å². The first kappa shape index (κ1) is 14.0. The van der Waals surface area contributed by atoms with Crippen molar-refractivity contribution in [2.45, 2.75) is 6.17 Å². The molecule has 2 aromatic carbocycles. The van der Waals surface area contributed by atoms with E-state index in [0.717, 1.165) is 5.56 Å². The van der Waals surface area contributed by atoms with E-state index >= 15 is 0 Å². The second-order valence-electron chi connectivity index (χ2n) is 4.43. The third-order valence-electron chi connectivity index (χ3n) is 3.00. The Balaban J connectivity index is 1.91. The predicted octanol–water partition coefficient (Wildman–Crippen LogP) is 3.47. The first-order valence-corrected chi connectivity index (χ1v) is 6.40. The Morgan fingerprint density at radius 2 is 1.50 bits per heavy atom. The van der Waals surface area contributed by atoms with E-state index in [-0.39, 0.29) is 12.5 Å². The van der Waals surface area contributed by atoms with E-state index in [1.54, 1.807) is 36.4 Å². The molecule has 20 heavy (non-hydrogen) atoms. The van der Waals surface area contributed by atoms with Crippen molar-refractivity contribution >= 4 is 11.5 Å². The van der Waals surface area contributed by atoms with Crippen LogP contribution >= 0.6 is 0 Å². The molecule has 0 spiro atoms. The zero-order chi connectivity index (χ0) is 14.4. The fourth-order valence-electron chi connectivity index (χ4n) is 1.83. The standard InChI is InChI=1S/C17H16FNO/c1-13(14-8-4-2-5-9-14)16(18)12-19-17(20)15-10-6-3-7-11-15/h2-11,16H,1,12H2,(H,19,20)/t16-/m1/s1. The normalized spacial score (nSPS) is 11.7. The molecule has 1 N–H and O–H groups in total. The lowest BCUT2D eigenvalue weighted by Crippen LogP contribution is -2.30. The van der Waals surface area contributed by atoms with Gasteiger partial charge in [-0.15, -0.1) is 0 Å². The van der Waals surface area contributed by atoms with Gasteiger partial charge in [0.1, 0.15) is 6.17 Å². The number of carbonyl (C=O) groups excluding carboxylic acids is 1. The van der Waals surface area contributed by atoms with Crippen molar-refractivity contribution in [1.29, 1.82) is 0 Å². The summed E-state index contributed by atoms with van der Waals surface area (Å²) >= 11 is 0. The third-order valence-corrected chi connectivity index (χ3v) is 3.00. The number of hydrogen-bond acceptors (Lipinski definition) is 1. The maximum absolute atomic E-state index is 14.0. The quantitative estimate of drug-likeness (QED) is 0.884. The first-order valence-electron chi connectivity index (χ1n) is 6.40. The van der Waals surface area contributed by atoms with Crippen molar-refractivity contribution in [1.82, 2.24) is 5.32 Å². The number of rotatable bonds is 5. The molecule has 0 radical (unpaired) electrons. The van der Waals surface area contributed by atoms with Crippen LogP contribution in [0.3, 0.4) is 0 Å². The molecule has 0 saturated heterocycles. The number of amides is 1. The summed E-state index contributed by atoms with van der Waals surface area (Å²) in [6, 6.07) is 17.9. The average molecular weight is 269 g/mol. The Morgan fingerprint density at radius 3 is 2.05 bits per heavy atom. The van der Waals surface area contributed by atoms with Gasteiger partial charge in [0.2, 0.25) is 0 Å². The van der Waals surface area contributed by atoms with Crippen LogP contribution in [0.2, 0.25) is 0 Å². The van der Waals surface area contributed by atoms with E-state index < -0.39 is 6.17 Å². The molecule has 0 heterocycles. The van der Waals surface area contributed by atoms with Gasteiger partial charge >= 0.3 is 0 Å². The minimum absolute atomic E-state index is 0.0819. The molecule has 2 rings (SSSR count). The van der Waals surface area contributed by atoms with Crippen LogP contribution in [0.5, 0.6) is 0 Å². The molecule has 1 atom stereocenters.